The van der Waals surface area contributed by atoms with Gasteiger partial charge in [-0.25, -0.2) is 0 Å². The largest absolute Gasteiger partial charge is 0.399 e. The van der Waals surface area contributed by atoms with E-state index in [1.807, 2.05) is 6.07 Å². The molecule has 8 nitrogen and oxygen atoms in total. The van der Waals surface area contributed by atoms with Crippen molar-refractivity contribution >= 4 is 80.8 Å². The van der Waals surface area contributed by atoms with Gasteiger partial charge < -0.3 is 38.5 Å². The fourth-order valence-corrected chi connectivity index (χ4v) is 3.16. The number of benzene rings is 2. The summed E-state index contributed by atoms with van der Waals surface area (Å²) in [6, 6.07) is 9.15. The van der Waals surface area contributed by atoms with Gasteiger partial charge in [0.25, 0.3) is 0 Å². The Bertz CT molecular complexity index is 831. The third-order valence-electron chi connectivity index (χ3n) is 3.92. The molecule has 0 bridgehead atoms. The molecule has 2 heterocycles. The van der Waals surface area contributed by atoms with Crippen LogP contribution in [-0.4, -0.2) is 32.1 Å². The molecule has 0 aliphatic carbocycles. The van der Waals surface area contributed by atoms with E-state index in [4.69, 9.17) is 17.2 Å². The van der Waals surface area contributed by atoms with E-state index < -0.39 is 0 Å². The van der Waals surface area contributed by atoms with E-state index in [-0.39, 0.29) is 24.8 Å². The van der Waals surface area contributed by atoms with Crippen LogP contribution in [0.5, 0.6) is 0 Å². The molecule has 10 N–H and O–H groups in total. The van der Waals surface area contributed by atoms with Crippen molar-refractivity contribution in [2.75, 3.05) is 59.3 Å². The zero-order valence-corrected chi connectivity index (χ0v) is 18.3. The standard InChI is InChI=1S/C11H14BrN5.C6H9N3.2ClH/c12-9-7(17-11-15-5-6-16-11)1-2-8-10(9)14-4-3-13-8;7-4-1-2-5(8)6(9)3-4;;/h1-2,13-14H,3-6H2,(H2,15,16,17);1-3H,7-9H2;2*1H. The summed E-state index contributed by atoms with van der Waals surface area (Å²) < 4.78 is 1.04. The zero-order chi connectivity index (χ0) is 18.5. The fraction of sp³-hybridized carbons (Fsp3) is 0.235. The molecule has 0 radical (unpaired) electrons. The zero-order valence-electron chi connectivity index (χ0n) is 15.1. The van der Waals surface area contributed by atoms with Crippen molar-refractivity contribution < 1.29 is 0 Å². The van der Waals surface area contributed by atoms with E-state index in [0.717, 1.165) is 53.7 Å². The molecule has 0 unspecified atom stereocenters. The van der Waals surface area contributed by atoms with E-state index in [2.05, 4.69) is 48.3 Å². The highest BCUT2D eigenvalue weighted by Gasteiger charge is 2.15. The molecule has 2 aromatic carbocycles. The quantitative estimate of drug-likeness (QED) is 0.304. The van der Waals surface area contributed by atoms with Gasteiger partial charge in [0.2, 0.25) is 0 Å². The maximum absolute atomic E-state index is 5.42. The number of nitrogens with zero attached hydrogens (tertiary/aromatic N) is 1. The van der Waals surface area contributed by atoms with Crippen molar-refractivity contribution in [3.8, 4) is 0 Å². The van der Waals surface area contributed by atoms with E-state index in [0.29, 0.717) is 17.1 Å². The first-order valence-electron chi connectivity index (χ1n) is 8.30. The predicted octanol–water partition coefficient (Wildman–Crippen LogP) is 2.93. The third-order valence-corrected chi connectivity index (χ3v) is 4.75. The molecule has 2 aromatic rings. The molecule has 11 heteroatoms. The molecule has 4 rings (SSSR count). The van der Waals surface area contributed by atoms with Crippen LogP contribution in [0.1, 0.15) is 0 Å². The van der Waals surface area contributed by atoms with Crippen LogP contribution < -0.4 is 38.5 Å². The molecule has 154 valence electrons. The number of fused-ring (bicyclic) bond motifs is 1. The SMILES string of the molecule is Brc1c(NC2=NCCN2)ccc2c1NCCN2.Cl.Cl.Nc1ccc(N)c(N)c1. The van der Waals surface area contributed by atoms with E-state index in [1.165, 1.54) is 0 Å². The Labute approximate surface area is 185 Å². The summed E-state index contributed by atoms with van der Waals surface area (Å²) in [5.74, 6) is 0.842. The number of rotatable bonds is 1. The lowest BCUT2D eigenvalue weighted by Gasteiger charge is -2.23. The Hall–Kier alpha value is -2.23. The third kappa shape index (κ3) is 5.88. The minimum atomic E-state index is 0. The van der Waals surface area contributed by atoms with E-state index >= 15 is 0 Å². The van der Waals surface area contributed by atoms with Gasteiger partial charge in [0.1, 0.15) is 0 Å². The van der Waals surface area contributed by atoms with Crippen molar-refractivity contribution in [1.82, 2.24) is 5.32 Å². The smallest absolute Gasteiger partial charge is 0.195 e. The Morgan fingerprint density at radius 2 is 1.64 bits per heavy atom. The monoisotopic (exact) mass is 490 g/mol. The first-order valence-corrected chi connectivity index (χ1v) is 9.10. The molecule has 0 saturated carbocycles. The molecule has 0 aromatic heterocycles. The lowest BCUT2D eigenvalue weighted by Crippen LogP contribution is -2.27. The number of hydrogen-bond acceptors (Lipinski definition) is 8. The summed E-state index contributed by atoms with van der Waals surface area (Å²) >= 11 is 3.63. The number of guanidine groups is 1. The van der Waals surface area contributed by atoms with Gasteiger partial charge in [0.15, 0.2) is 5.96 Å². The second kappa shape index (κ2) is 10.9. The van der Waals surface area contributed by atoms with Crippen LogP contribution in [0.15, 0.2) is 39.8 Å². The summed E-state index contributed by atoms with van der Waals surface area (Å²) in [6.45, 7) is 3.64. The van der Waals surface area contributed by atoms with Gasteiger partial charge >= 0.3 is 0 Å². The lowest BCUT2D eigenvalue weighted by molar-refractivity contribution is 0.959. The van der Waals surface area contributed by atoms with Crippen LogP contribution in [0.4, 0.5) is 34.1 Å². The number of nitrogen functional groups attached to an aromatic ring is 3. The van der Waals surface area contributed by atoms with Gasteiger partial charge in [-0.05, 0) is 46.3 Å². The van der Waals surface area contributed by atoms with Crippen molar-refractivity contribution in [3.05, 3.63) is 34.8 Å². The maximum atomic E-state index is 5.42. The Balaban J connectivity index is 0.000000308. The van der Waals surface area contributed by atoms with Crippen LogP contribution >= 0.6 is 40.7 Å². The second-order valence-corrected chi connectivity index (χ2v) is 6.67. The van der Waals surface area contributed by atoms with Crippen LogP contribution in [0, 0.1) is 0 Å². The molecule has 0 spiro atoms. The van der Waals surface area contributed by atoms with E-state index in [9.17, 15) is 0 Å². The molecule has 2 aliphatic rings. The molecule has 2 aliphatic heterocycles. The van der Waals surface area contributed by atoms with E-state index in [1.54, 1.807) is 18.2 Å². The summed E-state index contributed by atoms with van der Waals surface area (Å²) in [7, 11) is 0. The average molecular weight is 492 g/mol. The van der Waals surface area contributed by atoms with Gasteiger partial charge in [-0.15, -0.1) is 24.8 Å². The summed E-state index contributed by atoms with van der Waals surface area (Å²) in [4.78, 5) is 4.32. The normalized spacial score (nSPS) is 13.5. The molecule has 0 atom stereocenters. The number of aliphatic imine (C=N–C) groups is 1. The van der Waals surface area contributed by atoms with Crippen molar-refractivity contribution in [1.29, 1.82) is 0 Å². The van der Waals surface area contributed by atoms with Crippen LogP contribution in [0.2, 0.25) is 0 Å². The van der Waals surface area contributed by atoms with Crippen molar-refractivity contribution in [2.45, 2.75) is 0 Å². The topological polar surface area (TPSA) is 139 Å². The Morgan fingerprint density at radius 1 is 0.893 bits per heavy atom. The van der Waals surface area contributed by atoms with Crippen LogP contribution in [0.3, 0.4) is 0 Å². The number of anilines is 6. The van der Waals surface area contributed by atoms with Gasteiger partial charge in [0.05, 0.1) is 39.5 Å². The lowest BCUT2D eigenvalue weighted by atomic mass is 10.2. The average Bonchev–Trinajstić information content (AvgIpc) is 3.15. The molecule has 0 saturated heterocycles. The minimum Gasteiger partial charge on any atom is -0.399 e. The van der Waals surface area contributed by atoms with Crippen LogP contribution in [-0.2, 0) is 0 Å². The molecular formula is C17H25BrCl2N8. The van der Waals surface area contributed by atoms with Crippen LogP contribution in [0.25, 0.3) is 0 Å². The fourth-order valence-electron chi connectivity index (χ4n) is 2.58. The molecule has 28 heavy (non-hydrogen) atoms. The van der Waals surface area contributed by atoms with Gasteiger partial charge in [0, 0.05) is 25.3 Å². The maximum Gasteiger partial charge on any atom is 0.195 e. The summed E-state index contributed by atoms with van der Waals surface area (Å²) in [5, 5.41) is 13.2. The summed E-state index contributed by atoms with van der Waals surface area (Å²) in [5.41, 5.74) is 21.2. The van der Waals surface area contributed by atoms with Gasteiger partial charge in [-0.2, -0.15) is 0 Å². The number of nitrogens with two attached hydrogens (primary N) is 3. The highest BCUT2D eigenvalue weighted by molar-refractivity contribution is 9.10. The number of halogens is 3. The predicted molar refractivity (Wildman–Crippen MR) is 129 cm³/mol. The molecular weight excluding hydrogens is 467 g/mol. The van der Waals surface area contributed by atoms with Crippen molar-refractivity contribution in [3.63, 3.8) is 0 Å². The van der Waals surface area contributed by atoms with Gasteiger partial charge in [-0.3, -0.25) is 4.99 Å². The summed E-state index contributed by atoms with van der Waals surface area (Å²) in [6.07, 6.45) is 0. The first kappa shape index (κ1) is 23.8. The number of nitrogens with one attached hydrogen (secondary N) is 4. The second-order valence-electron chi connectivity index (χ2n) is 5.87. The molecule has 0 amide bonds. The Kier molecular flexibility index (Phi) is 9.30. The van der Waals surface area contributed by atoms with Crippen molar-refractivity contribution in [2.24, 2.45) is 4.99 Å². The highest BCUT2D eigenvalue weighted by atomic mass is 79.9. The highest BCUT2D eigenvalue weighted by Crippen LogP contribution is 2.38. The Morgan fingerprint density at radius 3 is 2.29 bits per heavy atom. The number of hydrogen-bond donors (Lipinski definition) is 7. The first-order chi connectivity index (χ1) is 12.5. The van der Waals surface area contributed by atoms with Gasteiger partial charge in [-0.1, -0.05) is 0 Å². The minimum absolute atomic E-state index is 0. The molecule has 0 fully saturated rings.